The lowest BCUT2D eigenvalue weighted by Crippen LogP contribution is -2.11. The first-order valence-corrected chi connectivity index (χ1v) is 5.87. The summed E-state index contributed by atoms with van der Waals surface area (Å²) in [6.45, 7) is 0. The van der Waals surface area contributed by atoms with E-state index in [0.29, 0.717) is 5.56 Å². The lowest BCUT2D eigenvalue weighted by molar-refractivity contribution is 0.366. The summed E-state index contributed by atoms with van der Waals surface area (Å²) in [6.07, 6.45) is 0. The van der Waals surface area contributed by atoms with Gasteiger partial charge in [-0.05, 0) is 17.5 Å². The van der Waals surface area contributed by atoms with Crippen LogP contribution in [-0.4, -0.2) is 12.2 Å². The van der Waals surface area contributed by atoms with Gasteiger partial charge < -0.3 is 15.6 Å². The van der Waals surface area contributed by atoms with Crippen molar-refractivity contribution in [1.82, 2.24) is 0 Å². The van der Waals surface area contributed by atoms with Crippen LogP contribution in [0.3, 0.4) is 0 Å². The molecule has 0 unspecified atom stereocenters. The minimum absolute atomic E-state index is 0. The molecular weight excluding hydrogens is 277 g/mol. The molecular formula is C12H13ClFNO2S. The molecule has 0 spiro atoms. The Kier molecular flexibility index (Phi) is 4.95. The van der Waals surface area contributed by atoms with Gasteiger partial charge in [0.05, 0.1) is 13.2 Å². The molecule has 0 aliphatic rings. The summed E-state index contributed by atoms with van der Waals surface area (Å²) in [7, 11) is 1.37. The first-order chi connectivity index (χ1) is 8.13. The van der Waals surface area contributed by atoms with E-state index in [1.807, 2.05) is 17.5 Å². The van der Waals surface area contributed by atoms with Crippen LogP contribution in [0.4, 0.5) is 4.39 Å². The van der Waals surface area contributed by atoms with Crippen molar-refractivity contribution >= 4 is 23.7 Å². The van der Waals surface area contributed by atoms with Crippen molar-refractivity contribution in [3.63, 3.8) is 0 Å². The third-order valence-electron chi connectivity index (χ3n) is 2.47. The van der Waals surface area contributed by atoms with Gasteiger partial charge in [-0.25, -0.2) is 4.39 Å². The van der Waals surface area contributed by atoms with Gasteiger partial charge in [-0.1, -0.05) is 6.07 Å². The Morgan fingerprint density at radius 2 is 2.17 bits per heavy atom. The van der Waals surface area contributed by atoms with Crippen LogP contribution in [0.5, 0.6) is 11.5 Å². The van der Waals surface area contributed by atoms with Gasteiger partial charge in [-0.2, -0.15) is 0 Å². The summed E-state index contributed by atoms with van der Waals surface area (Å²) in [5.74, 6) is -0.511. The van der Waals surface area contributed by atoms with Gasteiger partial charge in [0, 0.05) is 16.5 Å². The quantitative estimate of drug-likeness (QED) is 0.913. The van der Waals surface area contributed by atoms with E-state index in [-0.39, 0.29) is 23.9 Å². The minimum Gasteiger partial charge on any atom is -0.504 e. The fraction of sp³-hybridized carbons (Fsp3) is 0.167. The maximum atomic E-state index is 13.4. The van der Waals surface area contributed by atoms with Crippen molar-refractivity contribution < 1.29 is 14.2 Å². The number of phenols is 1. The summed E-state index contributed by atoms with van der Waals surface area (Å²) in [5.41, 5.74) is 6.31. The van der Waals surface area contributed by atoms with Crippen molar-refractivity contribution in [1.29, 1.82) is 0 Å². The molecule has 0 amide bonds. The maximum absolute atomic E-state index is 13.4. The lowest BCUT2D eigenvalue weighted by atomic mass is 10.0. The van der Waals surface area contributed by atoms with E-state index < -0.39 is 11.9 Å². The molecule has 0 bridgehead atoms. The number of phenolic OH excluding ortho intramolecular Hbond substituents is 1. The smallest absolute Gasteiger partial charge is 0.163 e. The Hall–Kier alpha value is -1.30. The second-order valence-corrected chi connectivity index (χ2v) is 4.52. The number of rotatable bonds is 3. The van der Waals surface area contributed by atoms with Crippen molar-refractivity contribution in [2.45, 2.75) is 6.04 Å². The topological polar surface area (TPSA) is 55.5 Å². The van der Waals surface area contributed by atoms with Gasteiger partial charge in [0.25, 0.3) is 0 Å². The van der Waals surface area contributed by atoms with Gasteiger partial charge in [0.1, 0.15) is 5.82 Å². The number of benzene rings is 1. The molecule has 1 aromatic carbocycles. The van der Waals surface area contributed by atoms with Crippen LogP contribution in [-0.2, 0) is 0 Å². The molecule has 18 heavy (non-hydrogen) atoms. The number of hydrogen-bond donors (Lipinski definition) is 2. The molecule has 0 saturated carbocycles. The molecule has 3 N–H and O–H groups in total. The SMILES string of the molecule is COc1cc(F)cc([C@H](N)c2cccs2)c1O.Cl. The van der Waals surface area contributed by atoms with E-state index in [9.17, 15) is 9.50 Å². The summed E-state index contributed by atoms with van der Waals surface area (Å²) in [4.78, 5) is 0.855. The molecule has 2 rings (SSSR count). The molecule has 1 heterocycles. The zero-order chi connectivity index (χ0) is 12.4. The maximum Gasteiger partial charge on any atom is 0.163 e. The Morgan fingerprint density at radius 1 is 1.44 bits per heavy atom. The highest BCUT2D eigenvalue weighted by Crippen LogP contribution is 2.37. The van der Waals surface area contributed by atoms with E-state index in [1.165, 1.54) is 24.5 Å². The highest BCUT2D eigenvalue weighted by molar-refractivity contribution is 7.10. The molecule has 2 aromatic rings. The highest BCUT2D eigenvalue weighted by Gasteiger charge is 2.18. The number of methoxy groups -OCH3 is 1. The van der Waals surface area contributed by atoms with Gasteiger partial charge in [-0.3, -0.25) is 0 Å². The molecule has 0 radical (unpaired) electrons. The minimum atomic E-state index is -0.556. The number of halogens is 2. The molecule has 3 nitrogen and oxygen atoms in total. The average Bonchev–Trinajstić information content (AvgIpc) is 2.84. The Labute approximate surface area is 114 Å². The van der Waals surface area contributed by atoms with E-state index in [1.54, 1.807) is 0 Å². The number of hydrogen-bond acceptors (Lipinski definition) is 4. The van der Waals surface area contributed by atoms with E-state index in [0.717, 1.165) is 10.9 Å². The molecule has 98 valence electrons. The van der Waals surface area contributed by atoms with Crippen LogP contribution in [0.15, 0.2) is 29.6 Å². The molecule has 6 heteroatoms. The van der Waals surface area contributed by atoms with Crippen LogP contribution in [0, 0.1) is 5.82 Å². The van der Waals surface area contributed by atoms with Crippen molar-refractivity contribution in [2.24, 2.45) is 5.73 Å². The van der Waals surface area contributed by atoms with Crippen molar-refractivity contribution in [3.05, 3.63) is 45.9 Å². The van der Waals surface area contributed by atoms with Crippen molar-refractivity contribution in [3.8, 4) is 11.5 Å². The first-order valence-electron chi connectivity index (χ1n) is 4.99. The molecule has 1 aromatic heterocycles. The van der Waals surface area contributed by atoms with Gasteiger partial charge >= 0.3 is 0 Å². The second kappa shape index (κ2) is 6.04. The predicted octanol–water partition coefficient (Wildman–Crippen LogP) is 3.07. The third kappa shape index (κ3) is 2.75. The average molecular weight is 290 g/mol. The van der Waals surface area contributed by atoms with Crippen LogP contribution in [0.25, 0.3) is 0 Å². The standard InChI is InChI=1S/C12H12FNO2S.ClH/c1-16-9-6-7(13)5-8(12(9)15)11(14)10-3-2-4-17-10;/h2-6,11,15H,14H2,1H3;1H/t11-;/m0./s1. The fourth-order valence-electron chi connectivity index (χ4n) is 1.61. The number of thiophene rings is 1. The van der Waals surface area contributed by atoms with Gasteiger partial charge in [0.15, 0.2) is 11.5 Å². The van der Waals surface area contributed by atoms with Gasteiger partial charge in [-0.15, -0.1) is 23.7 Å². The fourth-order valence-corrected chi connectivity index (χ4v) is 2.35. The molecule has 0 saturated heterocycles. The number of aromatic hydroxyl groups is 1. The predicted molar refractivity (Wildman–Crippen MR) is 72.2 cm³/mol. The normalized spacial score (nSPS) is 11.7. The molecule has 0 fully saturated rings. The Bertz CT molecular complexity index is 519. The van der Waals surface area contributed by atoms with Crippen LogP contribution in [0.1, 0.15) is 16.5 Å². The molecule has 0 aliphatic heterocycles. The Morgan fingerprint density at radius 3 is 2.72 bits per heavy atom. The van der Waals surface area contributed by atoms with E-state index in [2.05, 4.69) is 0 Å². The van der Waals surface area contributed by atoms with Crippen LogP contribution >= 0.6 is 23.7 Å². The first kappa shape index (κ1) is 14.8. The van der Waals surface area contributed by atoms with E-state index in [4.69, 9.17) is 10.5 Å². The second-order valence-electron chi connectivity index (χ2n) is 3.54. The number of nitrogens with two attached hydrogens (primary N) is 1. The Balaban J connectivity index is 0.00000162. The summed E-state index contributed by atoms with van der Waals surface area (Å²) in [6, 6.07) is 5.49. The summed E-state index contributed by atoms with van der Waals surface area (Å²) >= 11 is 1.45. The van der Waals surface area contributed by atoms with Gasteiger partial charge in [0.2, 0.25) is 0 Å². The van der Waals surface area contributed by atoms with Crippen LogP contribution in [0.2, 0.25) is 0 Å². The zero-order valence-electron chi connectivity index (χ0n) is 9.59. The van der Waals surface area contributed by atoms with Crippen molar-refractivity contribution in [2.75, 3.05) is 7.11 Å². The monoisotopic (exact) mass is 289 g/mol. The molecule has 0 aliphatic carbocycles. The number of ether oxygens (including phenoxy) is 1. The summed E-state index contributed by atoms with van der Waals surface area (Å²) in [5, 5.41) is 11.8. The van der Waals surface area contributed by atoms with Crippen LogP contribution < -0.4 is 10.5 Å². The largest absolute Gasteiger partial charge is 0.504 e. The lowest BCUT2D eigenvalue weighted by Gasteiger charge is -2.14. The highest BCUT2D eigenvalue weighted by atomic mass is 35.5. The van der Waals surface area contributed by atoms with E-state index >= 15 is 0 Å². The zero-order valence-corrected chi connectivity index (χ0v) is 11.2. The third-order valence-corrected chi connectivity index (χ3v) is 3.43. The summed E-state index contributed by atoms with van der Waals surface area (Å²) < 4.78 is 18.2. The molecule has 1 atom stereocenters.